The van der Waals surface area contributed by atoms with Crippen molar-refractivity contribution in [2.24, 2.45) is 0 Å². The Morgan fingerprint density at radius 1 is 1.11 bits per heavy atom. The van der Waals surface area contributed by atoms with Gasteiger partial charge in [0, 0.05) is 23.9 Å². The highest BCUT2D eigenvalue weighted by Gasteiger charge is 2.25. The molecule has 0 bridgehead atoms. The third-order valence-corrected chi connectivity index (χ3v) is 6.73. The van der Waals surface area contributed by atoms with Gasteiger partial charge in [-0.25, -0.2) is 9.97 Å². The van der Waals surface area contributed by atoms with Crippen molar-refractivity contribution in [2.45, 2.75) is 31.5 Å². The minimum absolute atomic E-state index is 0.00889. The van der Waals surface area contributed by atoms with Crippen LogP contribution in [0.5, 0.6) is 0 Å². The number of aliphatic hydroxyl groups is 1. The number of nitrogens with one attached hydrogen (secondary N) is 3. The van der Waals surface area contributed by atoms with Crippen molar-refractivity contribution in [1.29, 1.82) is 0 Å². The number of carbonyl (C=O) groups is 2. The minimum Gasteiger partial charge on any atom is -0.394 e. The van der Waals surface area contributed by atoms with Gasteiger partial charge in [-0.1, -0.05) is 41.9 Å². The number of carbonyl (C=O) groups excluding carboxylic acids is 2. The summed E-state index contributed by atoms with van der Waals surface area (Å²) in [6, 6.07) is 14.2. The van der Waals surface area contributed by atoms with Gasteiger partial charge in [-0.3, -0.25) is 9.59 Å². The number of aromatic amines is 1. The molecule has 0 spiro atoms. The molecule has 4 N–H and O–H groups in total. The second-order valence-electron chi connectivity index (χ2n) is 8.90. The van der Waals surface area contributed by atoms with Crippen LogP contribution in [0.15, 0.2) is 61.1 Å². The first kappa shape index (κ1) is 24.9. The fourth-order valence-corrected chi connectivity index (χ4v) is 4.58. The second kappa shape index (κ2) is 11.1. The highest BCUT2D eigenvalue weighted by atomic mass is 35.5. The Kier molecular flexibility index (Phi) is 7.45. The Hall–Kier alpha value is -3.79. The van der Waals surface area contributed by atoms with Crippen LogP contribution in [0.3, 0.4) is 0 Å². The van der Waals surface area contributed by atoms with Crippen molar-refractivity contribution in [1.82, 2.24) is 20.3 Å². The SMILES string of the molecule is O=C(NCc1ccccc1)c1ccc(Cl)c(C(=O)c2c[nH]c3ncnc(N[C@@H]4CC[C@@H](CO)OC4)c23)c1. The number of anilines is 1. The number of amides is 1. The van der Waals surface area contributed by atoms with Crippen LogP contribution in [0.25, 0.3) is 11.0 Å². The number of H-pyrrole nitrogens is 1. The largest absolute Gasteiger partial charge is 0.394 e. The first-order valence-corrected chi connectivity index (χ1v) is 12.4. The number of benzene rings is 2. The minimum atomic E-state index is -0.355. The van der Waals surface area contributed by atoms with Crippen LogP contribution in [-0.4, -0.2) is 57.1 Å². The number of ketones is 1. The van der Waals surface area contributed by atoms with Crippen molar-refractivity contribution >= 4 is 40.1 Å². The summed E-state index contributed by atoms with van der Waals surface area (Å²) in [5, 5.41) is 16.3. The molecule has 2 aromatic heterocycles. The van der Waals surface area contributed by atoms with Crippen molar-refractivity contribution in [2.75, 3.05) is 18.5 Å². The Morgan fingerprint density at radius 3 is 2.70 bits per heavy atom. The standard InChI is InChI=1S/C27H26ClN5O4/c28-22-9-6-17(27(36)30-11-16-4-2-1-3-5-16)10-20(22)24(35)21-12-29-25-23(21)26(32-15-31-25)33-18-7-8-19(13-34)37-14-18/h1-6,9-10,12,15,18-19,34H,7-8,11,13-14H2,(H,30,36)(H2,29,31,32,33)/t18-,19+/m1/s1. The molecule has 0 saturated carbocycles. The van der Waals surface area contributed by atoms with E-state index in [-0.39, 0.29) is 41.0 Å². The highest BCUT2D eigenvalue weighted by Crippen LogP contribution is 2.29. The van der Waals surface area contributed by atoms with E-state index in [4.69, 9.17) is 16.3 Å². The quantitative estimate of drug-likeness (QED) is 0.261. The summed E-state index contributed by atoms with van der Waals surface area (Å²) in [5.74, 6) is -0.164. The number of nitrogens with zero attached hydrogens (tertiary/aromatic N) is 2. The molecule has 1 saturated heterocycles. The number of aliphatic hydroxyl groups excluding tert-OH is 1. The molecule has 1 amide bonds. The summed E-state index contributed by atoms with van der Waals surface area (Å²) < 4.78 is 5.67. The van der Waals surface area contributed by atoms with E-state index < -0.39 is 0 Å². The van der Waals surface area contributed by atoms with E-state index >= 15 is 0 Å². The summed E-state index contributed by atoms with van der Waals surface area (Å²) in [6.45, 7) is 0.770. The lowest BCUT2D eigenvalue weighted by Gasteiger charge is -2.29. The lowest BCUT2D eigenvalue weighted by Crippen LogP contribution is -2.36. The van der Waals surface area contributed by atoms with Gasteiger partial charge in [-0.2, -0.15) is 0 Å². The molecular formula is C27H26ClN5O4. The summed E-state index contributed by atoms with van der Waals surface area (Å²) >= 11 is 6.41. The number of hydrogen-bond acceptors (Lipinski definition) is 7. The highest BCUT2D eigenvalue weighted by molar-refractivity contribution is 6.36. The number of rotatable bonds is 8. The van der Waals surface area contributed by atoms with Crippen LogP contribution in [0, 0.1) is 0 Å². The normalized spacial score (nSPS) is 17.5. The maximum absolute atomic E-state index is 13.7. The van der Waals surface area contributed by atoms with E-state index in [1.165, 1.54) is 12.4 Å². The Labute approximate surface area is 218 Å². The van der Waals surface area contributed by atoms with Gasteiger partial charge in [0.05, 0.1) is 41.3 Å². The van der Waals surface area contributed by atoms with Crippen molar-refractivity contribution in [3.05, 3.63) is 88.3 Å². The number of ether oxygens (including phenoxy) is 1. The van der Waals surface area contributed by atoms with E-state index in [1.807, 2.05) is 30.3 Å². The second-order valence-corrected chi connectivity index (χ2v) is 9.30. The molecule has 4 aromatic rings. The summed E-state index contributed by atoms with van der Waals surface area (Å²) in [5.41, 5.74) is 2.34. The molecule has 0 aliphatic carbocycles. The maximum Gasteiger partial charge on any atom is 0.251 e. The fraction of sp³-hybridized carbons (Fsp3) is 0.259. The van der Waals surface area contributed by atoms with Crippen LogP contribution in [0.1, 0.15) is 44.7 Å². The fourth-order valence-electron chi connectivity index (χ4n) is 4.37. The average molecular weight is 520 g/mol. The zero-order valence-electron chi connectivity index (χ0n) is 19.9. The molecular weight excluding hydrogens is 494 g/mol. The molecule has 3 heterocycles. The average Bonchev–Trinajstić information content (AvgIpc) is 3.38. The van der Waals surface area contributed by atoms with Gasteiger partial charge in [0.25, 0.3) is 5.91 Å². The van der Waals surface area contributed by atoms with Crippen LogP contribution in [0.2, 0.25) is 5.02 Å². The van der Waals surface area contributed by atoms with E-state index in [0.717, 1.165) is 18.4 Å². The maximum atomic E-state index is 13.7. The van der Waals surface area contributed by atoms with Crippen molar-refractivity contribution in [3.63, 3.8) is 0 Å². The summed E-state index contributed by atoms with van der Waals surface area (Å²) in [7, 11) is 0. The van der Waals surface area contributed by atoms with Gasteiger partial charge in [-0.05, 0) is 36.6 Å². The zero-order chi connectivity index (χ0) is 25.8. The van der Waals surface area contributed by atoms with Crippen molar-refractivity contribution < 1.29 is 19.4 Å². The lowest BCUT2D eigenvalue weighted by atomic mass is 10.0. The van der Waals surface area contributed by atoms with Gasteiger partial charge >= 0.3 is 0 Å². The predicted molar refractivity (Wildman–Crippen MR) is 140 cm³/mol. The van der Waals surface area contributed by atoms with Crippen LogP contribution in [-0.2, 0) is 11.3 Å². The van der Waals surface area contributed by atoms with Gasteiger partial charge < -0.3 is 25.5 Å². The smallest absolute Gasteiger partial charge is 0.251 e. The molecule has 2 aromatic carbocycles. The lowest BCUT2D eigenvalue weighted by molar-refractivity contribution is -0.0224. The molecule has 1 aliphatic rings. The molecule has 1 fully saturated rings. The van der Waals surface area contributed by atoms with E-state index in [1.54, 1.807) is 18.3 Å². The third-order valence-electron chi connectivity index (χ3n) is 6.40. The summed E-state index contributed by atoms with van der Waals surface area (Å²) in [4.78, 5) is 38.1. The van der Waals surface area contributed by atoms with E-state index in [2.05, 4.69) is 25.6 Å². The zero-order valence-corrected chi connectivity index (χ0v) is 20.7. The Balaban J connectivity index is 1.39. The first-order valence-electron chi connectivity index (χ1n) is 12.0. The van der Waals surface area contributed by atoms with Gasteiger partial charge in [0.15, 0.2) is 5.78 Å². The van der Waals surface area contributed by atoms with Gasteiger partial charge in [0.2, 0.25) is 0 Å². The number of halogens is 1. The molecule has 10 heteroatoms. The molecule has 2 atom stereocenters. The third kappa shape index (κ3) is 5.48. The number of fused-ring (bicyclic) bond motifs is 1. The van der Waals surface area contributed by atoms with Gasteiger partial charge in [-0.15, -0.1) is 0 Å². The number of aromatic nitrogens is 3. The molecule has 5 rings (SSSR count). The van der Waals surface area contributed by atoms with Crippen LogP contribution >= 0.6 is 11.6 Å². The van der Waals surface area contributed by atoms with E-state index in [0.29, 0.717) is 41.1 Å². The molecule has 1 aliphatic heterocycles. The van der Waals surface area contributed by atoms with E-state index in [9.17, 15) is 14.7 Å². The molecule has 9 nitrogen and oxygen atoms in total. The predicted octanol–water partition coefficient (Wildman–Crippen LogP) is 3.72. The van der Waals surface area contributed by atoms with Crippen LogP contribution < -0.4 is 10.6 Å². The number of hydrogen-bond donors (Lipinski definition) is 4. The molecule has 0 unspecified atom stereocenters. The van der Waals surface area contributed by atoms with Crippen molar-refractivity contribution in [3.8, 4) is 0 Å². The van der Waals surface area contributed by atoms with Crippen LogP contribution in [0.4, 0.5) is 5.82 Å². The Bertz CT molecular complexity index is 1420. The monoisotopic (exact) mass is 519 g/mol. The Morgan fingerprint density at radius 2 is 1.95 bits per heavy atom. The molecule has 190 valence electrons. The molecule has 37 heavy (non-hydrogen) atoms. The first-order chi connectivity index (χ1) is 18.0. The van der Waals surface area contributed by atoms with Gasteiger partial charge in [0.1, 0.15) is 17.8 Å². The summed E-state index contributed by atoms with van der Waals surface area (Å²) in [6.07, 6.45) is 4.34. The topological polar surface area (TPSA) is 129 Å². The molecule has 0 radical (unpaired) electrons.